The van der Waals surface area contributed by atoms with Gasteiger partial charge in [0.2, 0.25) is 11.8 Å². The second kappa shape index (κ2) is 8.98. The van der Waals surface area contributed by atoms with Crippen molar-refractivity contribution in [3.8, 4) is 5.75 Å². The van der Waals surface area contributed by atoms with Crippen LogP contribution in [0.4, 0.5) is 5.69 Å². The number of phenols is 1. The zero-order valence-corrected chi connectivity index (χ0v) is 15.2. The van der Waals surface area contributed by atoms with Crippen molar-refractivity contribution in [2.24, 2.45) is 5.10 Å². The van der Waals surface area contributed by atoms with Crippen LogP contribution in [0.5, 0.6) is 5.75 Å². The van der Waals surface area contributed by atoms with Crippen molar-refractivity contribution >= 4 is 39.6 Å². The predicted molar refractivity (Wildman–Crippen MR) is 101 cm³/mol. The van der Waals surface area contributed by atoms with Crippen LogP contribution < -0.4 is 10.7 Å². The van der Waals surface area contributed by atoms with Gasteiger partial charge < -0.3 is 10.4 Å². The van der Waals surface area contributed by atoms with Gasteiger partial charge in [-0.05, 0) is 36.8 Å². The highest BCUT2D eigenvalue weighted by Gasteiger charge is 2.08. The van der Waals surface area contributed by atoms with E-state index < -0.39 is 0 Å². The van der Waals surface area contributed by atoms with E-state index in [1.54, 1.807) is 12.1 Å². The van der Waals surface area contributed by atoms with Crippen LogP contribution in [0.15, 0.2) is 52.0 Å². The summed E-state index contributed by atoms with van der Waals surface area (Å²) in [5, 5.41) is 16.2. The molecule has 3 N–H and O–H groups in total. The number of carbonyl (C=O) groups excluding carboxylic acids is 2. The molecule has 0 aliphatic rings. The molecule has 0 radical (unpaired) electrons. The van der Waals surface area contributed by atoms with Crippen LogP contribution in [-0.2, 0) is 9.59 Å². The van der Waals surface area contributed by atoms with Gasteiger partial charge in [-0.1, -0.05) is 34.1 Å². The van der Waals surface area contributed by atoms with Crippen molar-refractivity contribution in [1.29, 1.82) is 0 Å². The van der Waals surface area contributed by atoms with Gasteiger partial charge in [0.05, 0.1) is 6.21 Å². The first-order valence-electron chi connectivity index (χ1n) is 7.61. The molecule has 25 heavy (non-hydrogen) atoms. The van der Waals surface area contributed by atoms with Crippen LogP contribution in [0.2, 0.25) is 0 Å². The van der Waals surface area contributed by atoms with Crippen molar-refractivity contribution in [3.63, 3.8) is 0 Å². The second-order valence-electron chi connectivity index (χ2n) is 5.36. The Kier molecular flexibility index (Phi) is 6.71. The number of hydrazone groups is 1. The van der Waals surface area contributed by atoms with Crippen LogP contribution in [0.1, 0.15) is 24.0 Å². The lowest BCUT2D eigenvalue weighted by Crippen LogP contribution is -2.20. The highest BCUT2D eigenvalue weighted by molar-refractivity contribution is 9.10. The van der Waals surface area contributed by atoms with E-state index in [1.165, 1.54) is 12.3 Å². The van der Waals surface area contributed by atoms with Crippen LogP contribution in [0, 0.1) is 6.92 Å². The van der Waals surface area contributed by atoms with Gasteiger partial charge in [0.1, 0.15) is 5.75 Å². The van der Waals surface area contributed by atoms with Gasteiger partial charge in [-0.15, -0.1) is 0 Å². The Labute approximate surface area is 154 Å². The minimum atomic E-state index is -0.384. The number of halogens is 1. The molecule has 7 heteroatoms. The summed E-state index contributed by atoms with van der Waals surface area (Å²) in [5.41, 5.74) is 4.49. The SMILES string of the molecule is Cc1ccccc1NC(=O)CCC(=O)NN=Cc1cc(Br)ccc1O. The molecule has 2 aromatic carbocycles. The van der Waals surface area contributed by atoms with E-state index in [0.29, 0.717) is 5.56 Å². The molecule has 2 rings (SSSR count). The molecule has 0 fully saturated rings. The first kappa shape index (κ1) is 18.7. The summed E-state index contributed by atoms with van der Waals surface area (Å²) in [5.74, 6) is -0.567. The molecule has 0 aliphatic carbocycles. The van der Waals surface area contributed by atoms with E-state index in [9.17, 15) is 14.7 Å². The third kappa shape index (κ3) is 6.04. The summed E-state index contributed by atoms with van der Waals surface area (Å²) in [6.07, 6.45) is 1.41. The minimum Gasteiger partial charge on any atom is -0.507 e. The van der Waals surface area contributed by atoms with Gasteiger partial charge in [-0.25, -0.2) is 5.43 Å². The van der Waals surface area contributed by atoms with E-state index in [-0.39, 0.29) is 30.4 Å². The molecule has 6 nitrogen and oxygen atoms in total. The van der Waals surface area contributed by atoms with Crippen LogP contribution >= 0.6 is 15.9 Å². The number of phenolic OH excluding ortho intramolecular Hbond substituents is 1. The molecular weight excluding hydrogens is 386 g/mol. The molecule has 0 saturated heterocycles. The fourth-order valence-corrected chi connectivity index (χ4v) is 2.39. The van der Waals surface area contributed by atoms with Crippen LogP contribution in [0.3, 0.4) is 0 Å². The predicted octanol–water partition coefficient (Wildman–Crippen LogP) is 3.33. The summed E-state index contributed by atoms with van der Waals surface area (Å²) < 4.78 is 0.783. The number of anilines is 1. The lowest BCUT2D eigenvalue weighted by atomic mass is 10.2. The maximum Gasteiger partial charge on any atom is 0.240 e. The number of hydrogen-bond donors (Lipinski definition) is 3. The molecule has 0 aromatic heterocycles. The molecule has 0 atom stereocenters. The van der Waals surface area contributed by atoms with E-state index in [2.05, 4.69) is 31.8 Å². The largest absolute Gasteiger partial charge is 0.507 e. The topological polar surface area (TPSA) is 90.8 Å². The zero-order valence-electron chi connectivity index (χ0n) is 13.6. The van der Waals surface area contributed by atoms with E-state index in [0.717, 1.165) is 15.7 Å². The van der Waals surface area contributed by atoms with Crippen molar-refractivity contribution in [2.75, 3.05) is 5.32 Å². The maximum absolute atomic E-state index is 11.9. The Balaban J connectivity index is 1.78. The number of aromatic hydroxyl groups is 1. The van der Waals surface area contributed by atoms with Gasteiger partial charge in [0.25, 0.3) is 0 Å². The van der Waals surface area contributed by atoms with E-state index >= 15 is 0 Å². The van der Waals surface area contributed by atoms with E-state index in [4.69, 9.17) is 0 Å². The highest BCUT2D eigenvalue weighted by Crippen LogP contribution is 2.19. The Bertz CT molecular complexity index is 806. The number of carbonyl (C=O) groups is 2. The monoisotopic (exact) mass is 403 g/mol. The number of rotatable bonds is 6. The van der Waals surface area contributed by atoms with Crippen molar-refractivity contribution in [3.05, 3.63) is 58.1 Å². The number of benzene rings is 2. The molecule has 0 saturated carbocycles. The summed E-state index contributed by atoms with van der Waals surface area (Å²) in [7, 11) is 0. The molecule has 0 spiro atoms. The third-order valence-electron chi connectivity index (χ3n) is 3.38. The smallest absolute Gasteiger partial charge is 0.240 e. The van der Waals surface area contributed by atoms with E-state index in [1.807, 2.05) is 31.2 Å². The maximum atomic E-state index is 11.9. The lowest BCUT2D eigenvalue weighted by Gasteiger charge is -2.07. The first-order valence-corrected chi connectivity index (χ1v) is 8.41. The molecule has 2 amide bonds. The first-order chi connectivity index (χ1) is 12.0. The lowest BCUT2D eigenvalue weighted by molar-refractivity contribution is -0.124. The summed E-state index contributed by atoms with van der Waals surface area (Å²) in [4.78, 5) is 23.6. The van der Waals surface area contributed by atoms with Gasteiger partial charge in [0, 0.05) is 28.6 Å². The number of amides is 2. The van der Waals surface area contributed by atoms with Gasteiger partial charge in [0.15, 0.2) is 0 Å². The number of hydrogen-bond acceptors (Lipinski definition) is 4. The van der Waals surface area contributed by atoms with Gasteiger partial charge in [-0.3, -0.25) is 9.59 Å². The Morgan fingerprint density at radius 2 is 1.88 bits per heavy atom. The molecule has 0 aliphatic heterocycles. The number of nitrogens with zero attached hydrogens (tertiary/aromatic N) is 1. The molecular formula is C18H18BrN3O3. The van der Waals surface area contributed by atoms with Crippen LogP contribution in [-0.4, -0.2) is 23.1 Å². The standard InChI is InChI=1S/C18H18BrN3O3/c1-12-4-2-3-5-15(12)21-17(24)8-9-18(25)22-20-11-13-10-14(19)6-7-16(13)23/h2-7,10-11,23H,8-9H2,1H3,(H,21,24)(H,22,25). The van der Waals surface area contributed by atoms with Crippen molar-refractivity contribution in [2.45, 2.75) is 19.8 Å². The Morgan fingerprint density at radius 3 is 2.64 bits per heavy atom. The third-order valence-corrected chi connectivity index (χ3v) is 3.87. The summed E-state index contributed by atoms with van der Waals surface area (Å²) in [6.45, 7) is 1.90. The molecule has 0 bridgehead atoms. The Morgan fingerprint density at radius 1 is 1.16 bits per heavy atom. The fourth-order valence-electron chi connectivity index (χ4n) is 2.01. The van der Waals surface area contributed by atoms with Crippen molar-refractivity contribution < 1.29 is 14.7 Å². The van der Waals surface area contributed by atoms with Gasteiger partial charge >= 0.3 is 0 Å². The van der Waals surface area contributed by atoms with Crippen LogP contribution in [0.25, 0.3) is 0 Å². The average molecular weight is 404 g/mol. The number of aryl methyl sites for hydroxylation is 1. The number of nitrogens with one attached hydrogen (secondary N) is 2. The molecule has 130 valence electrons. The summed E-state index contributed by atoms with van der Waals surface area (Å²) >= 11 is 3.29. The highest BCUT2D eigenvalue weighted by atomic mass is 79.9. The number of para-hydroxylation sites is 1. The quantitative estimate of drug-likeness (QED) is 0.510. The van der Waals surface area contributed by atoms with Crippen molar-refractivity contribution in [1.82, 2.24) is 5.43 Å². The zero-order chi connectivity index (χ0) is 18.2. The second-order valence-corrected chi connectivity index (χ2v) is 6.28. The molecule has 0 heterocycles. The molecule has 0 unspecified atom stereocenters. The molecule has 2 aromatic rings. The van der Waals surface area contributed by atoms with Gasteiger partial charge in [-0.2, -0.15) is 5.10 Å². The summed E-state index contributed by atoms with van der Waals surface area (Å²) in [6, 6.07) is 12.3. The normalized spacial score (nSPS) is 10.6. The minimum absolute atomic E-state index is 0.0134. The average Bonchev–Trinajstić information content (AvgIpc) is 2.58. The Hall–Kier alpha value is -2.67. The fraction of sp³-hybridized carbons (Fsp3) is 0.167.